The van der Waals surface area contributed by atoms with E-state index >= 15 is 0 Å². The molecule has 0 aliphatic rings. The van der Waals surface area contributed by atoms with E-state index in [0.29, 0.717) is 17.2 Å². The molecule has 0 aromatic carbocycles. The number of amides is 1. The Balaban J connectivity index is 2.81. The van der Waals surface area contributed by atoms with E-state index in [2.05, 4.69) is 21.2 Å². The van der Waals surface area contributed by atoms with Crippen LogP contribution in [0.15, 0.2) is 9.85 Å². The molecule has 1 amide bonds. The van der Waals surface area contributed by atoms with Crippen molar-refractivity contribution in [3.05, 3.63) is 14.7 Å². The van der Waals surface area contributed by atoms with Gasteiger partial charge < -0.3 is 15.8 Å². The molecular formula is C10H15BrN2O2S. The molecule has 16 heavy (non-hydrogen) atoms. The third-order valence-corrected chi connectivity index (χ3v) is 3.84. The first-order valence-electron chi connectivity index (χ1n) is 4.75. The van der Waals surface area contributed by atoms with Crippen LogP contribution >= 0.6 is 27.3 Å². The number of carbonyl (C=O) groups excluding carboxylic acids is 1. The maximum Gasteiger partial charge on any atom is 0.261 e. The minimum atomic E-state index is -0.402. The zero-order chi connectivity index (χ0) is 12.3. The third kappa shape index (κ3) is 3.20. The van der Waals surface area contributed by atoms with Crippen LogP contribution in [0.25, 0.3) is 0 Å². The lowest BCUT2D eigenvalue weighted by molar-refractivity contribution is 0.0919. The molecule has 1 rings (SSSR count). The van der Waals surface area contributed by atoms with E-state index < -0.39 is 5.54 Å². The lowest BCUT2D eigenvalue weighted by Crippen LogP contribution is -2.48. The van der Waals surface area contributed by atoms with Crippen molar-refractivity contribution in [1.82, 2.24) is 5.32 Å². The summed E-state index contributed by atoms with van der Waals surface area (Å²) in [7, 11) is 1.57. The van der Waals surface area contributed by atoms with Gasteiger partial charge in [0.25, 0.3) is 5.91 Å². The molecule has 1 aromatic rings. The number of carbonyl (C=O) groups is 1. The van der Waals surface area contributed by atoms with Gasteiger partial charge in [0.2, 0.25) is 0 Å². The number of nitrogens with one attached hydrogen (secondary N) is 1. The number of hydrogen-bond acceptors (Lipinski definition) is 4. The van der Waals surface area contributed by atoms with Gasteiger partial charge in [-0.15, -0.1) is 11.3 Å². The summed E-state index contributed by atoms with van der Waals surface area (Å²) in [6.45, 7) is 4.15. The van der Waals surface area contributed by atoms with Gasteiger partial charge in [0.15, 0.2) is 0 Å². The van der Waals surface area contributed by atoms with Crippen LogP contribution in [0.2, 0.25) is 0 Å². The van der Waals surface area contributed by atoms with Crippen molar-refractivity contribution in [2.45, 2.75) is 19.4 Å². The van der Waals surface area contributed by atoms with E-state index in [4.69, 9.17) is 10.5 Å². The first-order valence-corrected chi connectivity index (χ1v) is 6.36. The molecular weight excluding hydrogens is 292 g/mol. The smallest absolute Gasteiger partial charge is 0.261 e. The molecule has 0 bridgehead atoms. The first kappa shape index (κ1) is 13.5. The predicted molar refractivity (Wildman–Crippen MR) is 69.2 cm³/mol. The third-order valence-electron chi connectivity index (χ3n) is 2.06. The normalized spacial score (nSPS) is 11.3. The molecule has 0 aliphatic carbocycles. The van der Waals surface area contributed by atoms with E-state index in [0.717, 1.165) is 3.79 Å². The van der Waals surface area contributed by atoms with Crippen LogP contribution in [0, 0.1) is 0 Å². The average Bonchev–Trinajstić information content (AvgIpc) is 2.59. The number of rotatable bonds is 4. The van der Waals surface area contributed by atoms with Crippen molar-refractivity contribution in [2.24, 2.45) is 5.73 Å². The van der Waals surface area contributed by atoms with E-state index in [-0.39, 0.29) is 5.91 Å². The Morgan fingerprint density at radius 1 is 1.69 bits per heavy atom. The lowest BCUT2D eigenvalue weighted by Gasteiger charge is -2.23. The zero-order valence-electron chi connectivity index (χ0n) is 9.46. The molecule has 1 heterocycles. The Hall–Kier alpha value is -0.590. The molecule has 0 saturated carbocycles. The molecule has 0 radical (unpaired) electrons. The Morgan fingerprint density at radius 2 is 2.31 bits per heavy atom. The van der Waals surface area contributed by atoms with E-state index in [1.807, 2.05) is 13.8 Å². The van der Waals surface area contributed by atoms with Crippen molar-refractivity contribution in [1.29, 1.82) is 0 Å². The Bertz CT molecular complexity index is 390. The van der Waals surface area contributed by atoms with Crippen molar-refractivity contribution in [2.75, 3.05) is 13.7 Å². The number of hydrogen-bond donors (Lipinski definition) is 2. The summed E-state index contributed by atoms with van der Waals surface area (Å²) in [5, 5.41) is 2.86. The summed E-state index contributed by atoms with van der Waals surface area (Å²) in [5.41, 5.74) is 5.15. The highest BCUT2D eigenvalue weighted by Gasteiger charge is 2.21. The molecule has 0 atom stereocenters. The van der Waals surface area contributed by atoms with Gasteiger partial charge in [-0.25, -0.2) is 0 Å². The van der Waals surface area contributed by atoms with Crippen LogP contribution in [0.3, 0.4) is 0 Å². The molecule has 1 aromatic heterocycles. The monoisotopic (exact) mass is 306 g/mol. The topological polar surface area (TPSA) is 64.3 Å². The predicted octanol–water partition coefficient (Wildman–Crippen LogP) is 1.99. The zero-order valence-corrected chi connectivity index (χ0v) is 11.9. The number of halogens is 1. The van der Waals surface area contributed by atoms with Crippen LogP contribution < -0.4 is 15.8 Å². The summed E-state index contributed by atoms with van der Waals surface area (Å²) < 4.78 is 5.90. The van der Waals surface area contributed by atoms with Crippen LogP contribution in [0.5, 0.6) is 5.75 Å². The van der Waals surface area contributed by atoms with Crippen molar-refractivity contribution in [3.63, 3.8) is 0 Å². The quantitative estimate of drug-likeness (QED) is 0.894. The Labute approximate surface area is 107 Å². The molecule has 0 unspecified atom stereocenters. The van der Waals surface area contributed by atoms with Crippen molar-refractivity contribution < 1.29 is 9.53 Å². The minimum Gasteiger partial charge on any atom is -0.495 e. The van der Waals surface area contributed by atoms with Crippen molar-refractivity contribution in [3.8, 4) is 5.75 Å². The summed E-state index contributed by atoms with van der Waals surface area (Å²) >= 11 is 4.67. The largest absolute Gasteiger partial charge is 0.495 e. The molecule has 3 N–H and O–H groups in total. The second kappa shape index (κ2) is 5.16. The van der Waals surface area contributed by atoms with E-state index in [1.165, 1.54) is 11.3 Å². The van der Waals surface area contributed by atoms with Gasteiger partial charge in [0.05, 0.1) is 12.0 Å². The van der Waals surface area contributed by atoms with Crippen molar-refractivity contribution >= 4 is 33.2 Å². The molecule has 0 saturated heterocycles. The fourth-order valence-corrected chi connectivity index (χ4v) is 2.57. The lowest BCUT2D eigenvalue weighted by atomic mass is 10.1. The molecule has 0 aliphatic heterocycles. The SMILES string of the molecule is COc1cc(C(=O)NC(C)(C)CN)sc1Br. The van der Waals surface area contributed by atoms with Crippen LogP contribution in [-0.4, -0.2) is 25.1 Å². The number of ether oxygens (including phenoxy) is 1. The molecule has 0 fully saturated rings. The highest BCUT2D eigenvalue weighted by atomic mass is 79.9. The highest BCUT2D eigenvalue weighted by molar-refractivity contribution is 9.11. The van der Waals surface area contributed by atoms with Gasteiger partial charge in [-0.05, 0) is 29.8 Å². The highest BCUT2D eigenvalue weighted by Crippen LogP contribution is 2.34. The molecule has 90 valence electrons. The van der Waals surface area contributed by atoms with E-state index in [1.54, 1.807) is 13.2 Å². The maximum atomic E-state index is 11.9. The minimum absolute atomic E-state index is 0.135. The van der Waals surface area contributed by atoms with Gasteiger partial charge in [-0.1, -0.05) is 0 Å². The average molecular weight is 307 g/mol. The standard InChI is InChI=1S/C10H15BrN2O2S/c1-10(2,5-12)13-9(14)7-4-6(15-3)8(11)16-7/h4H,5,12H2,1-3H3,(H,13,14). The molecule has 4 nitrogen and oxygen atoms in total. The second-order valence-corrected chi connectivity index (χ2v) is 6.36. The number of methoxy groups -OCH3 is 1. The molecule has 6 heteroatoms. The Kier molecular flexibility index (Phi) is 4.35. The fraction of sp³-hybridized carbons (Fsp3) is 0.500. The summed E-state index contributed by atoms with van der Waals surface area (Å²) in [4.78, 5) is 12.5. The van der Waals surface area contributed by atoms with Crippen LogP contribution in [-0.2, 0) is 0 Å². The fourth-order valence-electron chi connectivity index (χ4n) is 1.02. The number of nitrogens with two attached hydrogens (primary N) is 1. The van der Waals surface area contributed by atoms with Gasteiger partial charge in [0.1, 0.15) is 9.54 Å². The molecule has 0 spiro atoms. The van der Waals surface area contributed by atoms with Crippen LogP contribution in [0.1, 0.15) is 23.5 Å². The number of thiophene rings is 1. The Morgan fingerprint density at radius 3 is 2.75 bits per heavy atom. The van der Waals surface area contributed by atoms with Gasteiger partial charge in [-0.2, -0.15) is 0 Å². The summed E-state index contributed by atoms with van der Waals surface area (Å²) in [6.07, 6.45) is 0. The van der Waals surface area contributed by atoms with Gasteiger partial charge in [-0.3, -0.25) is 4.79 Å². The van der Waals surface area contributed by atoms with Gasteiger partial charge >= 0.3 is 0 Å². The first-order chi connectivity index (χ1) is 7.39. The summed E-state index contributed by atoms with van der Waals surface area (Å²) in [5.74, 6) is 0.533. The van der Waals surface area contributed by atoms with Crippen LogP contribution in [0.4, 0.5) is 0 Å². The summed E-state index contributed by atoms with van der Waals surface area (Å²) in [6, 6.07) is 1.71. The maximum absolute atomic E-state index is 11.9. The van der Waals surface area contributed by atoms with E-state index in [9.17, 15) is 4.79 Å². The van der Waals surface area contributed by atoms with Gasteiger partial charge in [0, 0.05) is 18.2 Å². The second-order valence-electron chi connectivity index (χ2n) is 3.99.